The van der Waals surface area contributed by atoms with Gasteiger partial charge in [-0.3, -0.25) is 4.68 Å². The molecule has 0 spiro atoms. The molecule has 5 heteroatoms. The Labute approximate surface area is 106 Å². The van der Waals surface area contributed by atoms with Crippen molar-refractivity contribution in [1.29, 1.82) is 0 Å². The zero-order valence-electron chi connectivity index (χ0n) is 10.8. The summed E-state index contributed by atoms with van der Waals surface area (Å²) >= 11 is 0. The maximum atomic E-state index is 13.2. The second-order valence-electron chi connectivity index (χ2n) is 4.27. The Morgan fingerprint density at radius 3 is 2.78 bits per heavy atom. The van der Waals surface area contributed by atoms with Crippen LogP contribution in [0.3, 0.4) is 0 Å². The highest BCUT2D eigenvalue weighted by Gasteiger charge is 2.18. The van der Waals surface area contributed by atoms with Crippen LogP contribution >= 0.6 is 0 Å². The first kappa shape index (κ1) is 12.7. The van der Waals surface area contributed by atoms with Gasteiger partial charge in [-0.05, 0) is 36.7 Å². The van der Waals surface area contributed by atoms with Crippen molar-refractivity contribution in [1.82, 2.24) is 20.3 Å². The molecule has 1 aromatic carbocycles. The van der Waals surface area contributed by atoms with Gasteiger partial charge in [-0.2, -0.15) is 0 Å². The second kappa shape index (κ2) is 5.27. The number of hydrogen-bond donors (Lipinski definition) is 1. The quantitative estimate of drug-likeness (QED) is 0.899. The lowest BCUT2D eigenvalue weighted by Gasteiger charge is -2.20. The fourth-order valence-corrected chi connectivity index (χ4v) is 2.10. The van der Waals surface area contributed by atoms with Crippen LogP contribution in [0.4, 0.5) is 4.39 Å². The van der Waals surface area contributed by atoms with Gasteiger partial charge in [0.15, 0.2) is 0 Å². The number of nitrogens with one attached hydrogen (secondary N) is 1. The molecule has 0 amide bonds. The number of aromatic nitrogens is 3. The molecule has 4 nitrogen and oxygen atoms in total. The van der Waals surface area contributed by atoms with Gasteiger partial charge in [-0.15, -0.1) is 5.10 Å². The molecule has 1 unspecified atom stereocenters. The van der Waals surface area contributed by atoms with Crippen LogP contribution in [0.15, 0.2) is 24.4 Å². The van der Waals surface area contributed by atoms with E-state index < -0.39 is 0 Å². The summed E-state index contributed by atoms with van der Waals surface area (Å²) in [5.41, 5.74) is 2.93. The molecule has 0 bridgehead atoms. The Morgan fingerprint density at radius 2 is 2.22 bits per heavy atom. The summed E-state index contributed by atoms with van der Waals surface area (Å²) in [4.78, 5) is 0. The third kappa shape index (κ3) is 2.41. The number of benzene rings is 1. The monoisotopic (exact) mass is 248 g/mol. The van der Waals surface area contributed by atoms with E-state index in [-0.39, 0.29) is 11.9 Å². The highest BCUT2D eigenvalue weighted by molar-refractivity contribution is 5.34. The van der Waals surface area contributed by atoms with Gasteiger partial charge in [-0.1, -0.05) is 18.2 Å². The van der Waals surface area contributed by atoms with E-state index in [0.29, 0.717) is 0 Å². The van der Waals surface area contributed by atoms with Crippen LogP contribution in [0.1, 0.15) is 29.8 Å². The van der Waals surface area contributed by atoms with E-state index in [2.05, 4.69) is 15.6 Å². The predicted molar refractivity (Wildman–Crippen MR) is 67.7 cm³/mol. The fourth-order valence-electron chi connectivity index (χ4n) is 2.10. The molecule has 0 aliphatic rings. The zero-order chi connectivity index (χ0) is 13.1. The molecule has 1 N–H and O–H groups in total. The van der Waals surface area contributed by atoms with E-state index in [0.717, 1.165) is 23.4 Å². The lowest BCUT2D eigenvalue weighted by molar-refractivity contribution is 0.563. The third-order valence-corrected chi connectivity index (χ3v) is 3.00. The number of nitrogens with zero attached hydrogens (tertiary/aromatic N) is 3. The normalized spacial score (nSPS) is 12.7. The molecule has 0 saturated heterocycles. The molecule has 0 aliphatic carbocycles. The van der Waals surface area contributed by atoms with E-state index in [1.54, 1.807) is 16.9 Å². The van der Waals surface area contributed by atoms with Crippen LogP contribution < -0.4 is 5.32 Å². The zero-order valence-corrected chi connectivity index (χ0v) is 10.8. The van der Waals surface area contributed by atoms with Gasteiger partial charge in [0.2, 0.25) is 0 Å². The Morgan fingerprint density at radius 1 is 1.44 bits per heavy atom. The first-order valence-corrected chi connectivity index (χ1v) is 5.97. The van der Waals surface area contributed by atoms with Gasteiger partial charge in [0, 0.05) is 7.05 Å². The highest BCUT2D eigenvalue weighted by atomic mass is 19.1. The van der Waals surface area contributed by atoms with Gasteiger partial charge >= 0.3 is 0 Å². The topological polar surface area (TPSA) is 42.7 Å². The van der Waals surface area contributed by atoms with Gasteiger partial charge in [0.1, 0.15) is 5.82 Å². The summed E-state index contributed by atoms with van der Waals surface area (Å²) in [6, 6.07) is 4.82. The van der Waals surface area contributed by atoms with Crippen LogP contribution in [-0.2, 0) is 7.05 Å². The Kier molecular flexibility index (Phi) is 3.72. The second-order valence-corrected chi connectivity index (χ2v) is 4.27. The van der Waals surface area contributed by atoms with Crippen molar-refractivity contribution in [2.24, 2.45) is 7.05 Å². The van der Waals surface area contributed by atoms with Crippen molar-refractivity contribution in [2.75, 3.05) is 6.54 Å². The predicted octanol–water partition coefficient (Wildman–Crippen LogP) is 1.96. The minimum Gasteiger partial charge on any atom is -0.305 e. The molecule has 96 valence electrons. The van der Waals surface area contributed by atoms with Gasteiger partial charge in [0.25, 0.3) is 0 Å². The minimum absolute atomic E-state index is 0.0180. The molecule has 1 heterocycles. The van der Waals surface area contributed by atoms with E-state index in [9.17, 15) is 4.39 Å². The Bertz CT molecular complexity index is 536. The number of aryl methyl sites for hydroxylation is 2. The summed E-state index contributed by atoms with van der Waals surface area (Å²) in [5.74, 6) is -0.213. The third-order valence-electron chi connectivity index (χ3n) is 3.00. The van der Waals surface area contributed by atoms with Crippen molar-refractivity contribution in [3.05, 3.63) is 47.0 Å². The van der Waals surface area contributed by atoms with Gasteiger partial charge in [0.05, 0.1) is 17.9 Å². The smallest absolute Gasteiger partial charge is 0.123 e. The van der Waals surface area contributed by atoms with E-state index in [1.165, 1.54) is 6.07 Å². The van der Waals surface area contributed by atoms with E-state index >= 15 is 0 Å². The Balaban J connectivity index is 2.45. The maximum absolute atomic E-state index is 13.2. The van der Waals surface area contributed by atoms with Crippen LogP contribution in [0.5, 0.6) is 0 Å². The summed E-state index contributed by atoms with van der Waals surface area (Å²) < 4.78 is 14.9. The van der Waals surface area contributed by atoms with Crippen molar-refractivity contribution >= 4 is 0 Å². The average molecular weight is 248 g/mol. The van der Waals surface area contributed by atoms with Crippen molar-refractivity contribution in [2.45, 2.75) is 19.9 Å². The SMILES string of the molecule is CCNC(c1ccc(F)cc1C)c1cnnn1C. The van der Waals surface area contributed by atoms with Crippen LogP contribution in [0, 0.1) is 12.7 Å². The van der Waals surface area contributed by atoms with Crippen LogP contribution in [-0.4, -0.2) is 21.5 Å². The molecule has 2 aromatic rings. The first-order chi connectivity index (χ1) is 8.63. The van der Waals surface area contributed by atoms with Gasteiger partial charge < -0.3 is 5.32 Å². The average Bonchev–Trinajstić information content (AvgIpc) is 2.73. The molecule has 0 radical (unpaired) electrons. The molecule has 2 rings (SSSR count). The van der Waals surface area contributed by atoms with Crippen LogP contribution in [0.2, 0.25) is 0 Å². The summed E-state index contributed by atoms with van der Waals surface area (Å²) in [6.45, 7) is 4.76. The van der Waals surface area contributed by atoms with Crippen molar-refractivity contribution in [3.63, 3.8) is 0 Å². The van der Waals surface area contributed by atoms with Crippen molar-refractivity contribution in [3.8, 4) is 0 Å². The molecule has 1 atom stereocenters. The van der Waals surface area contributed by atoms with Crippen molar-refractivity contribution < 1.29 is 4.39 Å². The fraction of sp³-hybridized carbons (Fsp3) is 0.385. The highest BCUT2D eigenvalue weighted by Crippen LogP contribution is 2.24. The molecular formula is C13H17FN4. The van der Waals surface area contributed by atoms with Crippen LogP contribution in [0.25, 0.3) is 0 Å². The van der Waals surface area contributed by atoms with E-state index in [4.69, 9.17) is 0 Å². The maximum Gasteiger partial charge on any atom is 0.123 e. The largest absolute Gasteiger partial charge is 0.305 e. The number of halogens is 1. The minimum atomic E-state index is -0.213. The molecule has 0 saturated carbocycles. The number of rotatable bonds is 4. The summed E-state index contributed by atoms with van der Waals surface area (Å²) in [6.07, 6.45) is 1.73. The standard InChI is InChI=1S/C13H17FN4/c1-4-15-13(12-8-16-17-18(12)3)11-6-5-10(14)7-9(11)2/h5-8,13,15H,4H2,1-3H3. The lowest BCUT2D eigenvalue weighted by Crippen LogP contribution is -2.25. The molecule has 18 heavy (non-hydrogen) atoms. The number of hydrogen-bond acceptors (Lipinski definition) is 3. The molecule has 0 fully saturated rings. The first-order valence-electron chi connectivity index (χ1n) is 5.97. The Hall–Kier alpha value is -1.75. The summed E-state index contributed by atoms with van der Waals surface area (Å²) in [5, 5.41) is 11.2. The lowest BCUT2D eigenvalue weighted by atomic mass is 9.99. The van der Waals surface area contributed by atoms with E-state index in [1.807, 2.05) is 27.0 Å². The molecule has 1 aromatic heterocycles. The van der Waals surface area contributed by atoms with Gasteiger partial charge in [-0.25, -0.2) is 4.39 Å². The molecular weight excluding hydrogens is 231 g/mol. The molecule has 0 aliphatic heterocycles. The summed E-state index contributed by atoms with van der Waals surface area (Å²) in [7, 11) is 1.85.